The Bertz CT molecular complexity index is 955. The van der Waals surface area contributed by atoms with Gasteiger partial charge in [-0.25, -0.2) is 0 Å². The van der Waals surface area contributed by atoms with Gasteiger partial charge in [-0.1, -0.05) is 65.2 Å². The Balaban J connectivity index is 0.000000274. The molecule has 2 fully saturated rings. The molecule has 2 aliphatic rings. The molecule has 0 amide bonds. The highest BCUT2D eigenvalue weighted by Gasteiger charge is 2.20. The fourth-order valence-electron chi connectivity index (χ4n) is 6.21. The fourth-order valence-corrected chi connectivity index (χ4v) is 6.21. The van der Waals surface area contributed by atoms with Gasteiger partial charge in [0, 0.05) is 18.2 Å². The van der Waals surface area contributed by atoms with Crippen molar-refractivity contribution in [2.45, 2.75) is 104 Å². The molecule has 0 bridgehead atoms. The highest BCUT2D eigenvalue weighted by atomic mass is 16.5. The van der Waals surface area contributed by atoms with Crippen molar-refractivity contribution in [1.29, 1.82) is 0 Å². The van der Waals surface area contributed by atoms with Crippen LogP contribution in [0.3, 0.4) is 0 Å². The average Bonchev–Trinajstić information content (AvgIpc) is 3.04. The molecule has 0 aliphatic carbocycles. The summed E-state index contributed by atoms with van der Waals surface area (Å²) in [4.78, 5) is 9.63. The number of ether oxygens (including phenoxy) is 2. The van der Waals surface area contributed by atoms with E-state index in [1.807, 2.05) is 30.5 Å². The molecule has 6 heteroatoms. The number of pyridine rings is 1. The molecular formula is C36H61N3O3. The number of piperidine rings is 2. The molecule has 0 spiro atoms. The van der Waals surface area contributed by atoms with Gasteiger partial charge in [0.15, 0.2) is 0 Å². The van der Waals surface area contributed by atoms with E-state index < -0.39 is 0 Å². The van der Waals surface area contributed by atoms with Crippen molar-refractivity contribution in [2.75, 3.05) is 59.6 Å². The number of aliphatic hydroxyl groups excluding tert-OH is 1. The zero-order valence-electron chi connectivity index (χ0n) is 27.2. The van der Waals surface area contributed by atoms with Crippen molar-refractivity contribution in [1.82, 2.24) is 14.8 Å². The number of rotatable bonds is 17. The van der Waals surface area contributed by atoms with E-state index in [9.17, 15) is 0 Å². The van der Waals surface area contributed by atoms with Crippen LogP contribution in [0, 0.1) is 11.8 Å². The Kier molecular flexibility index (Phi) is 17.2. The van der Waals surface area contributed by atoms with Crippen LogP contribution in [0.1, 0.15) is 104 Å². The van der Waals surface area contributed by atoms with E-state index in [1.54, 1.807) is 7.11 Å². The standard InChI is InChI=1S/C23H34N2O2.C13H27NO/c1-3-4-5-6-7-14-25-15-11-19(12-16-25)18-27-23-10-13-24-22-9-8-20(26-2)17-21(22)23;1-2-3-4-5-6-9-14-10-7-13(12-15)8-11-14/h8-10,13,17,19H,3-7,11-12,14-16,18H2,1-2H3;13,15H,2-12H2,1H3. The third-order valence-corrected chi connectivity index (χ3v) is 9.21. The number of hydrogen-bond acceptors (Lipinski definition) is 6. The van der Waals surface area contributed by atoms with Crippen molar-refractivity contribution in [3.05, 3.63) is 30.5 Å². The lowest BCUT2D eigenvalue weighted by Gasteiger charge is -2.31. The highest BCUT2D eigenvalue weighted by Crippen LogP contribution is 2.29. The number of methoxy groups -OCH3 is 1. The lowest BCUT2D eigenvalue weighted by molar-refractivity contribution is 0.130. The average molecular weight is 584 g/mol. The zero-order chi connectivity index (χ0) is 29.8. The number of aromatic nitrogens is 1. The van der Waals surface area contributed by atoms with Crippen LogP contribution in [0.4, 0.5) is 0 Å². The van der Waals surface area contributed by atoms with Crippen LogP contribution in [-0.2, 0) is 0 Å². The second-order valence-corrected chi connectivity index (χ2v) is 12.6. The normalized spacial score (nSPS) is 17.2. The van der Waals surface area contributed by atoms with Crippen molar-refractivity contribution in [3.63, 3.8) is 0 Å². The summed E-state index contributed by atoms with van der Waals surface area (Å²) in [7, 11) is 1.69. The van der Waals surface area contributed by atoms with Crippen molar-refractivity contribution < 1.29 is 14.6 Å². The van der Waals surface area contributed by atoms with Crippen LogP contribution in [-0.4, -0.2) is 79.5 Å². The van der Waals surface area contributed by atoms with Crippen LogP contribution in [0.25, 0.3) is 10.9 Å². The molecule has 0 atom stereocenters. The van der Waals surface area contributed by atoms with Gasteiger partial charge in [-0.05, 0) is 114 Å². The van der Waals surface area contributed by atoms with E-state index in [0.717, 1.165) is 29.0 Å². The molecule has 1 N–H and O–H groups in total. The molecular weight excluding hydrogens is 522 g/mol. The molecule has 1 aromatic heterocycles. The minimum atomic E-state index is 0.393. The Labute approximate surface area is 257 Å². The van der Waals surface area contributed by atoms with Gasteiger partial charge in [0.25, 0.3) is 0 Å². The second kappa shape index (κ2) is 20.9. The third kappa shape index (κ3) is 12.8. The van der Waals surface area contributed by atoms with Gasteiger partial charge in [-0.15, -0.1) is 0 Å². The molecule has 3 heterocycles. The predicted molar refractivity (Wildman–Crippen MR) is 177 cm³/mol. The van der Waals surface area contributed by atoms with E-state index in [0.29, 0.717) is 18.4 Å². The van der Waals surface area contributed by atoms with Gasteiger partial charge >= 0.3 is 0 Å². The molecule has 6 nitrogen and oxygen atoms in total. The van der Waals surface area contributed by atoms with E-state index in [4.69, 9.17) is 14.6 Å². The highest BCUT2D eigenvalue weighted by molar-refractivity contribution is 5.86. The largest absolute Gasteiger partial charge is 0.497 e. The lowest BCUT2D eigenvalue weighted by atomic mass is 9.97. The summed E-state index contributed by atoms with van der Waals surface area (Å²) >= 11 is 0. The topological polar surface area (TPSA) is 58.1 Å². The number of aliphatic hydroxyl groups is 1. The van der Waals surface area contributed by atoms with E-state index >= 15 is 0 Å². The van der Waals surface area contributed by atoms with Gasteiger partial charge < -0.3 is 24.4 Å². The number of likely N-dealkylation sites (tertiary alicyclic amines) is 2. The smallest absolute Gasteiger partial charge is 0.130 e. The monoisotopic (exact) mass is 583 g/mol. The number of benzene rings is 1. The van der Waals surface area contributed by atoms with Crippen LogP contribution < -0.4 is 9.47 Å². The Morgan fingerprint density at radius 1 is 0.762 bits per heavy atom. The molecule has 42 heavy (non-hydrogen) atoms. The van der Waals surface area contributed by atoms with Gasteiger partial charge in [0.2, 0.25) is 0 Å². The summed E-state index contributed by atoms with van der Waals surface area (Å²) in [5, 5.41) is 10.1. The SMILES string of the molecule is CCCCCCCN1CCC(CO)CC1.CCCCCCCN1CCC(COc2ccnc3ccc(OC)cc23)CC1. The Morgan fingerprint density at radius 3 is 1.88 bits per heavy atom. The van der Waals surface area contributed by atoms with Crippen molar-refractivity contribution >= 4 is 10.9 Å². The quantitative estimate of drug-likeness (QED) is 0.191. The maximum absolute atomic E-state index is 9.03. The first-order chi connectivity index (χ1) is 20.7. The summed E-state index contributed by atoms with van der Waals surface area (Å²) in [6.07, 6.45) is 20.4. The Morgan fingerprint density at radius 2 is 1.33 bits per heavy atom. The third-order valence-electron chi connectivity index (χ3n) is 9.21. The minimum absolute atomic E-state index is 0.393. The number of unbranched alkanes of at least 4 members (excludes halogenated alkanes) is 8. The molecule has 0 saturated carbocycles. The van der Waals surface area contributed by atoms with Gasteiger partial charge in [0.1, 0.15) is 11.5 Å². The first kappa shape index (κ1) is 34.6. The number of fused-ring (bicyclic) bond motifs is 1. The Hall–Kier alpha value is -1.89. The van der Waals surface area contributed by atoms with E-state index in [1.165, 1.54) is 129 Å². The fraction of sp³-hybridized carbons (Fsp3) is 0.750. The van der Waals surface area contributed by atoms with E-state index in [-0.39, 0.29) is 0 Å². The van der Waals surface area contributed by atoms with Gasteiger partial charge in [-0.3, -0.25) is 4.98 Å². The lowest BCUT2D eigenvalue weighted by Crippen LogP contribution is -2.36. The summed E-state index contributed by atoms with van der Waals surface area (Å²) in [5.74, 6) is 2.99. The summed E-state index contributed by atoms with van der Waals surface area (Å²) < 4.78 is 11.6. The van der Waals surface area contributed by atoms with E-state index in [2.05, 4.69) is 28.6 Å². The van der Waals surface area contributed by atoms with Crippen LogP contribution in [0.5, 0.6) is 11.5 Å². The first-order valence-corrected chi connectivity index (χ1v) is 17.3. The van der Waals surface area contributed by atoms with Crippen LogP contribution >= 0.6 is 0 Å². The van der Waals surface area contributed by atoms with Crippen molar-refractivity contribution in [3.8, 4) is 11.5 Å². The number of nitrogens with zero attached hydrogens (tertiary/aromatic N) is 3. The molecule has 2 aliphatic heterocycles. The predicted octanol–water partition coefficient (Wildman–Crippen LogP) is 7.97. The summed E-state index contributed by atoms with van der Waals surface area (Å²) in [6.45, 7) is 13.1. The van der Waals surface area contributed by atoms with Crippen LogP contribution in [0.2, 0.25) is 0 Å². The van der Waals surface area contributed by atoms with Crippen molar-refractivity contribution in [2.24, 2.45) is 11.8 Å². The molecule has 2 aromatic rings. The second-order valence-electron chi connectivity index (χ2n) is 12.6. The molecule has 0 unspecified atom stereocenters. The van der Waals surface area contributed by atoms with Gasteiger partial charge in [-0.2, -0.15) is 0 Å². The summed E-state index contributed by atoms with van der Waals surface area (Å²) in [6, 6.07) is 7.91. The molecule has 0 radical (unpaired) electrons. The minimum Gasteiger partial charge on any atom is -0.497 e. The maximum atomic E-state index is 9.03. The molecule has 238 valence electrons. The number of hydrogen-bond donors (Lipinski definition) is 1. The molecule has 4 rings (SSSR count). The van der Waals surface area contributed by atoms with Gasteiger partial charge in [0.05, 0.1) is 19.2 Å². The summed E-state index contributed by atoms with van der Waals surface area (Å²) in [5.41, 5.74) is 0.950. The zero-order valence-corrected chi connectivity index (χ0v) is 27.2. The van der Waals surface area contributed by atoms with Crippen LogP contribution in [0.15, 0.2) is 30.5 Å². The maximum Gasteiger partial charge on any atom is 0.130 e. The first-order valence-electron chi connectivity index (χ1n) is 17.3. The molecule has 1 aromatic carbocycles. The molecule has 2 saturated heterocycles.